The van der Waals surface area contributed by atoms with Crippen molar-refractivity contribution in [3.05, 3.63) is 0 Å². The number of aliphatic hydroxyl groups excluding tert-OH is 5. The first-order valence-electron chi connectivity index (χ1n) is 12.0. The highest BCUT2D eigenvalue weighted by Crippen LogP contribution is 2.28. The molecule has 11 heteroatoms. The maximum Gasteiger partial charge on any atom is 0.308 e. The number of carboxylic acids is 1. The van der Waals surface area contributed by atoms with E-state index in [0.717, 1.165) is 0 Å². The summed E-state index contributed by atoms with van der Waals surface area (Å²) in [7, 11) is 0. The van der Waals surface area contributed by atoms with E-state index in [2.05, 4.69) is 0 Å². The van der Waals surface area contributed by atoms with Gasteiger partial charge in [-0.25, -0.2) is 0 Å². The van der Waals surface area contributed by atoms with Gasteiger partial charge in [0.05, 0.1) is 37.8 Å². The van der Waals surface area contributed by atoms with E-state index in [9.17, 15) is 35.1 Å². The van der Waals surface area contributed by atoms with Crippen LogP contribution in [0.1, 0.15) is 66.2 Å². The van der Waals surface area contributed by atoms with Gasteiger partial charge in [0, 0.05) is 12.8 Å². The molecule has 1 aliphatic heterocycles. The third kappa shape index (κ3) is 9.73. The minimum atomic E-state index is -1.36. The van der Waals surface area contributed by atoms with Gasteiger partial charge in [-0.3, -0.25) is 9.59 Å². The van der Waals surface area contributed by atoms with E-state index in [-0.39, 0.29) is 31.1 Å². The summed E-state index contributed by atoms with van der Waals surface area (Å²) in [5.41, 5.74) is 0. The molecule has 1 rings (SSSR count). The highest BCUT2D eigenvalue weighted by atomic mass is 16.7. The van der Waals surface area contributed by atoms with E-state index in [1.165, 1.54) is 0 Å². The SMILES string of the molecule is CC[C@@H](C)[C@@H](C[C@H](O)CC(=O)O[C@@H](C[C@H](O)CC(=O)O)[C@@H](C)CC)O[C@H]1O[C@@H](CO)[C@@H](O)[C@H]1O. The van der Waals surface area contributed by atoms with Crippen molar-refractivity contribution in [3.8, 4) is 0 Å². The Morgan fingerprint density at radius 3 is 1.94 bits per heavy atom. The Hall–Kier alpha value is -1.34. The number of hydrogen-bond acceptors (Lipinski definition) is 10. The summed E-state index contributed by atoms with van der Waals surface area (Å²) in [6, 6.07) is 0. The molecule has 0 radical (unpaired) electrons. The standard InChI is InChI=1S/C23H42O11/c1-5-12(3)16(7-14(25)9-19(27)28)32-20(29)10-15(26)8-17(13(4)6-2)33-23-22(31)21(30)18(11-24)34-23/h12-18,21-26,30-31H,5-11H2,1-4H3,(H,27,28)/t12-,13+,14-,15-,16-,17+,18-,21+,22+,23-/m0/s1. The minimum absolute atomic E-state index is 0.0208. The second-order valence-electron chi connectivity index (χ2n) is 9.26. The number of carboxylic acid groups (broad SMARTS) is 1. The molecule has 0 aromatic carbocycles. The lowest BCUT2D eigenvalue weighted by Crippen LogP contribution is -2.39. The number of carbonyl (C=O) groups excluding carboxylic acids is 1. The smallest absolute Gasteiger partial charge is 0.308 e. The maximum atomic E-state index is 12.5. The summed E-state index contributed by atoms with van der Waals surface area (Å²) >= 11 is 0. The van der Waals surface area contributed by atoms with Crippen molar-refractivity contribution in [3.63, 3.8) is 0 Å². The molecule has 34 heavy (non-hydrogen) atoms. The number of aliphatic carboxylic acids is 1. The van der Waals surface area contributed by atoms with Gasteiger partial charge < -0.3 is 44.8 Å². The van der Waals surface area contributed by atoms with Crippen molar-refractivity contribution in [1.29, 1.82) is 0 Å². The first kappa shape index (κ1) is 30.7. The Balaban J connectivity index is 2.71. The van der Waals surface area contributed by atoms with Gasteiger partial charge >= 0.3 is 11.9 Å². The van der Waals surface area contributed by atoms with Gasteiger partial charge in [0.2, 0.25) is 0 Å². The summed E-state index contributed by atoms with van der Waals surface area (Å²) in [6.45, 7) is 7.02. The van der Waals surface area contributed by atoms with Crippen LogP contribution in [0.2, 0.25) is 0 Å². The summed E-state index contributed by atoms with van der Waals surface area (Å²) in [4.78, 5) is 23.3. The van der Waals surface area contributed by atoms with Gasteiger partial charge in [0.15, 0.2) is 6.29 Å². The Labute approximate surface area is 200 Å². The number of esters is 1. The van der Waals surface area contributed by atoms with Gasteiger partial charge in [0.25, 0.3) is 0 Å². The Morgan fingerprint density at radius 2 is 1.44 bits per heavy atom. The summed E-state index contributed by atoms with van der Waals surface area (Å²) < 4.78 is 16.7. The van der Waals surface area contributed by atoms with Crippen LogP contribution in [-0.2, 0) is 23.8 Å². The lowest BCUT2D eigenvalue weighted by Gasteiger charge is -2.30. The van der Waals surface area contributed by atoms with Crippen molar-refractivity contribution in [2.45, 2.75) is 115 Å². The maximum absolute atomic E-state index is 12.5. The van der Waals surface area contributed by atoms with Gasteiger partial charge in [0.1, 0.15) is 24.4 Å². The van der Waals surface area contributed by atoms with E-state index in [0.29, 0.717) is 12.8 Å². The molecule has 0 spiro atoms. The van der Waals surface area contributed by atoms with E-state index in [1.807, 2.05) is 27.7 Å². The number of ether oxygens (including phenoxy) is 3. The topological polar surface area (TPSA) is 183 Å². The van der Waals surface area contributed by atoms with Crippen molar-refractivity contribution in [1.82, 2.24) is 0 Å². The zero-order chi connectivity index (χ0) is 26.0. The molecule has 10 atom stereocenters. The van der Waals surface area contributed by atoms with E-state index in [1.54, 1.807) is 0 Å². The van der Waals surface area contributed by atoms with E-state index >= 15 is 0 Å². The van der Waals surface area contributed by atoms with Crippen LogP contribution in [-0.4, -0.2) is 98.2 Å². The third-order valence-corrected chi connectivity index (χ3v) is 6.47. The second kappa shape index (κ2) is 14.9. The van der Waals surface area contributed by atoms with Gasteiger partial charge in [-0.2, -0.15) is 0 Å². The number of hydrogen-bond donors (Lipinski definition) is 6. The van der Waals surface area contributed by atoms with Crippen molar-refractivity contribution >= 4 is 11.9 Å². The van der Waals surface area contributed by atoms with E-state index < -0.39 is 74.0 Å². The Kier molecular flexibility index (Phi) is 13.5. The van der Waals surface area contributed by atoms with Crippen LogP contribution in [0.15, 0.2) is 0 Å². The normalized spacial score (nSPS) is 28.0. The quantitative estimate of drug-likeness (QED) is 0.161. The second-order valence-corrected chi connectivity index (χ2v) is 9.26. The summed E-state index contributed by atoms with van der Waals surface area (Å²) in [5, 5.41) is 58.6. The monoisotopic (exact) mass is 494 g/mol. The molecular formula is C23H42O11. The lowest BCUT2D eigenvalue weighted by molar-refractivity contribution is -0.208. The van der Waals surface area contributed by atoms with Crippen LogP contribution in [0.25, 0.3) is 0 Å². The van der Waals surface area contributed by atoms with Crippen LogP contribution in [0.3, 0.4) is 0 Å². The summed E-state index contributed by atoms with van der Waals surface area (Å²) in [5.74, 6) is -2.03. The van der Waals surface area contributed by atoms with E-state index in [4.69, 9.17) is 19.3 Å². The highest BCUT2D eigenvalue weighted by Gasteiger charge is 2.44. The number of carbonyl (C=O) groups is 2. The number of rotatable bonds is 16. The molecule has 0 unspecified atom stereocenters. The molecule has 0 aromatic heterocycles. The minimum Gasteiger partial charge on any atom is -0.481 e. The average Bonchev–Trinajstić information content (AvgIpc) is 3.04. The molecule has 0 aromatic rings. The Morgan fingerprint density at radius 1 is 0.912 bits per heavy atom. The van der Waals surface area contributed by atoms with Crippen molar-refractivity contribution < 1.29 is 54.4 Å². The zero-order valence-electron chi connectivity index (χ0n) is 20.4. The van der Waals surface area contributed by atoms with Crippen LogP contribution in [0.4, 0.5) is 0 Å². The van der Waals surface area contributed by atoms with Crippen LogP contribution < -0.4 is 0 Å². The predicted octanol–water partition coefficient (Wildman–Crippen LogP) is 0.181. The molecular weight excluding hydrogens is 452 g/mol. The molecule has 11 nitrogen and oxygen atoms in total. The fourth-order valence-electron chi connectivity index (χ4n) is 3.81. The molecule has 1 fully saturated rings. The largest absolute Gasteiger partial charge is 0.481 e. The molecule has 0 amide bonds. The van der Waals surface area contributed by atoms with Crippen LogP contribution in [0, 0.1) is 11.8 Å². The van der Waals surface area contributed by atoms with Crippen molar-refractivity contribution in [2.24, 2.45) is 11.8 Å². The van der Waals surface area contributed by atoms with Crippen LogP contribution in [0.5, 0.6) is 0 Å². The molecule has 1 saturated heterocycles. The third-order valence-electron chi connectivity index (χ3n) is 6.47. The van der Waals surface area contributed by atoms with Gasteiger partial charge in [-0.15, -0.1) is 0 Å². The fourth-order valence-corrected chi connectivity index (χ4v) is 3.81. The lowest BCUT2D eigenvalue weighted by atomic mass is 9.94. The van der Waals surface area contributed by atoms with Crippen molar-refractivity contribution in [2.75, 3.05) is 6.61 Å². The predicted molar refractivity (Wildman–Crippen MR) is 120 cm³/mol. The molecule has 6 N–H and O–H groups in total. The Bertz CT molecular complexity index is 616. The molecule has 0 saturated carbocycles. The summed E-state index contributed by atoms with van der Waals surface area (Å²) in [6.07, 6.45) is -7.89. The van der Waals surface area contributed by atoms with Crippen LogP contribution >= 0.6 is 0 Å². The molecule has 0 aliphatic carbocycles. The molecule has 1 aliphatic rings. The fraction of sp³-hybridized carbons (Fsp3) is 0.913. The molecule has 0 bridgehead atoms. The first-order chi connectivity index (χ1) is 15.9. The molecule has 1 heterocycles. The zero-order valence-corrected chi connectivity index (χ0v) is 20.4. The highest BCUT2D eigenvalue weighted by molar-refractivity contribution is 5.70. The van der Waals surface area contributed by atoms with Gasteiger partial charge in [-0.05, 0) is 11.8 Å². The molecule has 200 valence electrons. The average molecular weight is 495 g/mol. The number of aliphatic hydroxyl groups is 5. The van der Waals surface area contributed by atoms with Gasteiger partial charge in [-0.1, -0.05) is 40.5 Å². The first-order valence-corrected chi connectivity index (χ1v) is 12.0.